The second-order valence-electron chi connectivity index (χ2n) is 10.7. The molecule has 0 bridgehead atoms. The Hall–Kier alpha value is -3.92. The van der Waals surface area contributed by atoms with Crippen LogP contribution in [0.3, 0.4) is 0 Å². The molecule has 10 nitrogen and oxygen atoms in total. The zero-order valence-corrected chi connectivity index (χ0v) is 21.4. The topological polar surface area (TPSA) is 117 Å². The fourth-order valence-corrected chi connectivity index (χ4v) is 7.06. The van der Waals surface area contributed by atoms with Crippen molar-refractivity contribution in [1.29, 1.82) is 0 Å². The number of amides is 2. The minimum absolute atomic E-state index is 0.0440. The number of nitrogens with zero attached hydrogens (tertiary/aromatic N) is 5. The number of hydrogen-bond acceptors (Lipinski definition) is 6. The molecule has 2 aromatic heterocycles. The SMILES string of the molecule is CCOc1c(C(=O)N2CC3[C@H]4CN(C(=O)c5ccc6n[nH]nc6c5)C[C@H]4C3(O)C2)ccc2c1ccn2CC. The second-order valence-corrected chi connectivity index (χ2v) is 10.7. The summed E-state index contributed by atoms with van der Waals surface area (Å²) in [6.45, 7) is 7.10. The Labute approximate surface area is 219 Å². The maximum absolute atomic E-state index is 13.7. The van der Waals surface area contributed by atoms with E-state index in [2.05, 4.69) is 26.9 Å². The van der Waals surface area contributed by atoms with Crippen LogP contribution in [0.25, 0.3) is 21.9 Å². The summed E-state index contributed by atoms with van der Waals surface area (Å²) in [7, 11) is 0. The van der Waals surface area contributed by atoms with E-state index >= 15 is 0 Å². The Morgan fingerprint density at radius 2 is 1.82 bits per heavy atom. The van der Waals surface area contributed by atoms with Gasteiger partial charge in [0.15, 0.2) is 0 Å². The molecule has 4 aromatic rings. The van der Waals surface area contributed by atoms with Crippen molar-refractivity contribution in [3.63, 3.8) is 0 Å². The number of rotatable bonds is 5. The lowest BCUT2D eigenvalue weighted by Gasteiger charge is -2.50. The van der Waals surface area contributed by atoms with Gasteiger partial charge in [-0.1, -0.05) is 0 Å². The van der Waals surface area contributed by atoms with E-state index in [1.807, 2.05) is 36.2 Å². The Morgan fingerprint density at radius 3 is 2.61 bits per heavy atom. The molecular formula is C28H30N6O4. The molecule has 1 saturated carbocycles. The maximum atomic E-state index is 13.7. The summed E-state index contributed by atoms with van der Waals surface area (Å²) in [5, 5.41) is 23.3. The van der Waals surface area contributed by atoms with Crippen LogP contribution in [0.15, 0.2) is 42.6 Å². The van der Waals surface area contributed by atoms with Gasteiger partial charge in [0.1, 0.15) is 16.8 Å². The molecule has 10 heteroatoms. The van der Waals surface area contributed by atoms with E-state index in [-0.39, 0.29) is 36.1 Å². The summed E-state index contributed by atoms with van der Waals surface area (Å²) in [5.74, 6) is 0.506. The average molecular weight is 515 g/mol. The molecule has 1 aliphatic carbocycles. The van der Waals surface area contributed by atoms with Gasteiger partial charge in [-0.15, -0.1) is 0 Å². The monoisotopic (exact) mass is 514 g/mol. The highest BCUT2D eigenvalue weighted by molar-refractivity contribution is 6.03. The van der Waals surface area contributed by atoms with Gasteiger partial charge in [0.2, 0.25) is 0 Å². The average Bonchev–Trinajstić information content (AvgIpc) is 3.70. The van der Waals surface area contributed by atoms with E-state index in [0.29, 0.717) is 54.2 Å². The van der Waals surface area contributed by atoms with E-state index in [1.54, 1.807) is 23.1 Å². The van der Waals surface area contributed by atoms with E-state index in [9.17, 15) is 14.7 Å². The van der Waals surface area contributed by atoms with Crippen molar-refractivity contribution >= 4 is 33.8 Å². The van der Waals surface area contributed by atoms with Crippen molar-refractivity contribution in [3.05, 3.63) is 53.7 Å². The molecule has 7 rings (SSSR count). The van der Waals surface area contributed by atoms with Gasteiger partial charge in [-0.25, -0.2) is 0 Å². The number of benzene rings is 2. The maximum Gasteiger partial charge on any atom is 0.257 e. The van der Waals surface area contributed by atoms with Crippen LogP contribution in [-0.4, -0.2) is 85.1 Å². The van der Waals surface area contributed by atoms with E-state index < -0.39 is 5.60 Å². The molecular weight excluding hydrogens is 484 g/mol. The number of nitrogens with one attached hydrogen (secondary N) is 1. The smallest absolute Gasteiger partial charge is 0.257 e. The first kappa shape index (κ1) is 23.2. The number of aromatic amines is 1. The van der Waals surface area contributed by atoms with E-state index in [4.69, 9.17) is 4.74 Å². The number of β-amino-alcohol motifs (C(OH)–C–C–N with tert-alkyl or cyclic N) is 1. The van der Waals surface area contributed by atoms with Gasteiger partial charge in [0.05, 0.1) is 29.8 Å². The minimum Gasteiger partial charge on any atom is -0.492 e. The zero-order valence-electron chi connectivity index (χ0n) is 21.4. The number of aryl methyl sites for hydroxylation is 1. The van der Waals surface area contributed by atoms with Gasteiger partial charge in [-0.05, 0) is 56.2 Å². The summed E-state index contributed by atoms with van der Waals surface area (Å²) >= 11 is 0. The Kier molecular flexibility index (Phi) is 5.07. The van der Waals surface area contributed by atoms with E-state index in [1.165, 1.54) is 0 Å². The molecule has 0 radical (unpaired) electrons. The minimum atomic E-state index is -0.979. The molecule has 2 amide bonds. The summed E-state index contributed by atoms with van der Waals surface area (Å²) < 4.78 is 8.11. The fraction of sp³-hybridized carbons (Fsp3) is 0.429. The largest absolute Gasteiger partial charge is 0.492 e. The van der Waals surface area contributed by atoms with Crippen molar-refractivity contribution < 1.29 is 19.4 Å². The molecule has 2 saturated heterocycles. The van der Waals surface area contributed by atoms with Crippen LogP contribution in [0.1, 0.15) is 34.6 Å². The third-order valence-electron chi connectivity index (χ3n) is 8.93. The zero-order chi connectivity index (χ0) is 26.2. The van der Waals surface area contributed by atoms with Crippen LogP contribution in [0.5, 0.6) is 5.75 Å². The summed E-state index contributed by atoms with van der Waals surface area (Å²) in [6, 6.07) is 11.1. The van der Waals surface area contributed by atoms with Crippen LogP contribution in [-0.2, 0) is 6.54 Å². The number of fused-ring (bicyclic) bond motifs is 6. The van der Waals surface area contributed by atoms with Gasteiger partial charge in [0.25, 0.3) is 11.8 Å². The van der Waals surface area contributed by atoms with Gasteiger partial charge in [-0.3, -0.25) is 9.59 Å². The molecule has 2 aliphatic heterocycles. The lowest BCUT2D eigenvalue weighted by Crippen LogP contribution is -2.61. The molecule has 2 N–H and O–H groups in total. The normalized spacial score (nSPS) is 26.0. The quantitative estimate of drug-likeness (QED) is 0.423. The Bertz CT molecular complexity index is 1590. The van der Waals surface area contributed by atoms with Gasteiger partial charge < -0.3 is 24.2 Å². The number of likely N-dealkylation sites (tertiary alicyclic amines) is 2. The first-order valence-corrected chi connectivity index (χ1v) is 13.3. The number of aliphatic hydroxyl groups is 1. The fourth-order valence-electron chi connectivity index (χ4n) is 7.06. The standard InChI is InChI=1S/C28H30N6O4/c1-3-32-10-9-17-24(32)8-6-18(25(17)38-4-2)27(36)34-14-21-19-12-33(13-20(19)28(21,37)15-34)26(35)16-5-7-22-23(11-16)30-31-29-22/h5-11,19-21,37H,3-4,12-15H2,1-2H3,(H,29,30,31)/t19-,20+,21?,28?/m0/s1. The highest BCUT2D eigenvalue weighted by atomic mass is 16.5. The lowest BCUT2D eigenvalue weighted by atomic mass is 9.56. The van der Waals surface area contributed by atoms with E-state index in [0.717, 1.165) is 17.4 Å². The predicted molar refractivity (Wildman–Crippen MR) is 140 cm³/mol. The van der Waals surface area contributed by atoms with Crippen molar-refractivity contribution in [1.82, 2.24) is 29.8 Å². The van der Waals surface area contributed by atoms with Crippen LogP contribution in [0.4, 0.5) is 0 Å². The molecule has 2 unspecified atom stereocenters. The summed E-state index contributed by atoms with van der Waals surface area (Å²) in [4.78, 5) is 30.6. The molecule has 3 aliphatic rings. The molecule has 4 heterocycles. The van der Waals surface area contributed by atoms with Crippen molar-refractivity contribution in [2.24, 2.45) is 17.8 Å². The van der Waals surface area contributed by atoms with Crippen LogP contribution in [0.2, 0.25) is 0 Å². The van der Waals surface area contributed by atoms with Gasteiger partial charge >= 0.3 is 0 Å². The third kappa shape index (κ3) is 3.16. The lowest BCUT2D eigenvalue weighted by molar-refractivity contribution is -0.145. The van der Waals surface area contributed by atoms with Crippen molar-refractivity contribution in [2.75, 3.05) is 32.8 Å². The third-order valence-corrected chi connectivity index (χ3v) is 8.93. The molecule has 4 atom stereocenters. The first-order chi connectivity index (χ1) is 18.4. The Morgan fingerprint density at radius 1 is 1.03 bits per heavy atom. The molecule has 3 fully saturated rings. The number of ether oxygens (including phenoxy) is 1. The molecule has 0 spiro atoms. The van der Waals surface area contributed by atoms with Gasteiger partial charge in [-0.2, -0.15) is 15.4 Å². The number of H-pyrrole nitrogens is 1. The Balaban J connectivity index is 1.10. The second kappa shape index (κ2) is 8.29. The number of aromatic nitrogens is 4. The number of hydrogen-bond donors (Lipinski definition) is 2. The summed E-state index contributed by atoms with van der Waals surface area (Å²) in [5.41, 5.74) is 2.52. The number of carbonyl (C=O) groups excluding carboxylic acids is 2. The van der Waals surface area contributed by atoms with Gasteiger partial charge in [0, 0.05) is 55.2 Å². The molecule has 196 valence electrons. The predicted octanol–water partition coefficient (Wildman–Crippen LogP) is 2.54. The van der Waals surface area contributed by atoms with Crippen LogP contribution < -0.4 is 4.74 Å². The first-order valence-electron chi connectivity index (χ1n) is 13.3. The van der Waals surface area contributed by atoms with Crippen molar-refractivity contribution in [3.8, 4) is 5.75 Å². The highest BCUT2D eigenvalue weighted by Gasteiger charge is 2.68. The number of carbonyl (C=O) groups is 2. The highest BCUT2D eigenvalue weighted by Crippen LogP contribution is 2.57. The van der Waals surface area contributed by atoms with Crippen LogP contribution >= 0.6 is 0 Å². The van der Waals surface area contributed by atoms with Crippen molar-refractivity contribution in [2.45, 2.75) is 26.0 Å². The van der Waals surface area contributed by atoms with Crippen LogP contribution in [0, 0.1) is 17.8 Å². The molecule has 2 aromatic carbocycles. The summed E-state index contributed by atoms with van der Waals surface area (Å²) in [6.07, 6.45) is 2.01. The molecule has 38 heavy (non-hydrogen) atoms.